The van der Waals surface area contributed by atoms with Crippen LogP contribution in [0.4, 0.5) is 11.6 Å². The van der Waals surface area contributed by atoms with Crippen molar-refractivity contribution >= 4 is 79.3 Å². The molecule has 4 aromatic heterocycles. The Labute approximate surface area is 471 Å². The molecule has 0 spiro atoms. The minimum atomic E-state index is -1.07. The Hall–Kier alpha value is -6.24. The summed E-state index contributed by atoms with van der Waals surface area (Å²) in [6, 6.07) is 15.0. The van der Waals surface area contributed by atoms with Gasteiger partial charge in [-0.1, -0.05) is 49.2 Å². The number of imidazole rings is 2. The Morgan fingerprint density at radius 2 is 0.975 bits per heavy atom. The number of para-hydroxylation sites is 2. The van der Waals surface area contributed by atoms with Crippen LogP contribution in [0.5, 0.6) is 0 Å². The normalized spacial score (nSPS) is 18.2. The summed E-state index contributed by atoms with van der Waals surface area (Å²) in [6.45, 7) is 15.0. The highest BCUT2D eigenvalue weighted by molar-refractivity contribution is 6.11. The van der Waals surface area contributed by atoms with Crippen molar-refractivity contribution in [3.8, 4) is 0 Å². The molecule has 440 valence electrons. The van der Waals surface area contributed by atoms with Gasteiger partial charge in [-0.3, -0.25) is 9.59 Å². The summed E-state index contributed by atoms with van der Waals surface area (Å²) in [4.78, 5) is 71.1. The van der Waals surface area contributed by atoms with Crippen LogP contribution >= 0.6 is 0 Å². The van der Waals surface area contributed by atoms with Crippen molar-refractivity contribution in [2.75, 3.05) is 63.5 Å². The highest BCUT2D eigenvalue weighted by atomic mass is 16.7. The molecular formula is C59H80N8O14. The van der Waals surface area contributed by atoms with E-state index < -0.39 is 67.2 Å². The predicted molar refractivity (Wildman–Crippen MR) is 302 cm³/mol. The maximum atomic E-state index is 13.2. The van der Waals surface area contributed by atoms with E-state index >= 15 is 0 Å². The molecular weight excluding hydrogens is 1040 g/mol. The summed E-state index contributed by atoms with van der Waals surface area (Å²) >= 11 is 0. The van der Waals surface area contributed by atoms with Crippen molar-refractivity contribution in [2.45, 2.75) is 162 Å². The minimum absolute atomic E-state index is 0.0676. The molecule has 4 atom stereocenters. The molecule has 0 bridgehead atoms. The van der Waals surface area contributed by atoms with E-state index in [1.54, 1.807) is 27.7 Å². The van der Waals surface area contributed by atoms with Crippen LogP contribution in [0.25, 0.3) is 43.9 Å². The number of carbonyl (C=O) groups excluding carboxylic acids is 4. The van der Waals surface area contributed by atoms with Crippen molar-refractivity contribution in [3.05, 3.63) is 60.2 Å². The number of nitrogens with one attached hydrogen (secondary N) is 2. The lowest BCUT2D eigenvalue weighted by Gasteiger charge is -2.39. The molecule has 2 saturated carbocycles. The molecule has 0 aliphatic heterocycles. The second kappa shape index (κ2) is 27.2. The van der Waals surface area contributed by atoms with Gasteiger partial charge in [-0.25, -0.2) is 29.5 Å². The Balaban J connectivity index is 0.741. The summed E-state index contributed by atoms with van der Waals surface area (Å²) in [6.07, 6.45) is 6.32. The number of hydrogen-bond acceptors (Lipinski definition) is 18. The topological polar surface area (TPSA) is 268 Å². The standard InChI is InChI=1S/C59H80N8O14/c1-9-74-29-45-62-51-53(66(45)35-57(3,4)72)41-21-11-13-23-43(41)60-55(51)64-47(68)31-76-33-49(70)78-27-37-17-15-19-39(25-37)80-59(7,8)81-40-20-16-18-38(26-40)28-79-50(71)34-77-32-48(69)65-56-52-54(42-22-12-14-24-44(42)61-56)67(36-58(5,6)73)46(63-52)30-75-10-2/h11-14,21-24,37-40,72-73H,9-10,15-20,25-36H2,1-8H3,(H,60,64,68)(H,61,65,69). The number of fused-ring (bicyclic) bond motifs is 6. The van der Waals surface area contributed by atoms with Crippen molar-refractivity contribution in [3.63, 3.8) is 0 Å². The van der Waals surface area contributed by atoms with E-state index in [9.17, 15) is 29.4 Å². The number of carbonyl (C=O) groups is 4. The molecule has 4 heterocycles. The molecule has 2 aliphatic carbocycles. The maximum Gasteiger partial charge on any atom is 0.332 e. The lowest BCUT2D eigenvalue weighted by molar-refractivity contribution is -0.269. The molecule has 22 heteroatoms. The number of amides is 2. The number of ether oxygens (including phenoxy) is 8. The van der Waals surface area contributed by atoms with E-state index in [-0.39, 0.29) is 75.2 Å². The number of benzene rings is 2. The first-order valence-corrected chi connectivity index (χ1v) is 28.2. The number of hydrogen-bond donors (Lipinski definition) is 4. The van der Waals surface area contributed by atoms with E-state index in [0.717, 1.165) is 49.3 Å². The summed E-state index contributed by atoms with van der Waals surface area (Å²) in [7, 11) is 0. The summed E-state index contributed by atoms with van der Waals surface area (Å²) < 4.78 is 50.5. The van der Waals surface area contributed by atoms with Crippen molar-refractivity contribution < 1.29 is 67.3 Å². The molecule has 2 fully saturated rings. The van der Waals surface area contributed by atoms with Gasteiger partial charge in [-0.05, 0) is 118 Å². The molecule has 0 radical (unpaired) electrons. The van der Waals surface area contributed by atoms with Crippen LogP contribution < -0.4 is 10.6 Å². The van der Waals surface area contributed by atoms with E-state index in [0.29, 0.717) is 70.8 Å². The van der Waals surface area contributed by atoms with Crippen LogP contribution in [0, 0.1) is 11.8 Å². The van der Waals surface area contributed by atoms with Gasteiger partial charge >= 0.3 is 11.9 Å². The quantitative estimate of drug-likeness (QED) is 0.0271. The van der Waals surface area contributed by atoms with Gasteiger partial charge in [0.05, 0.1) is 71.8 Å². The summed E-state index contributed by atoms with van der Waals surface area (Å²) in [5.74, 6) is -1.37. The van der Waals surface area contributed by atoms with Crippen LogP contribution in [0.1, 0.15) is 118 Å². The molecule has 81 heavy (non-hydrogen) atoms. The fourth-order valence-corrected chi connectivity index (χ4v) is 10.8. The average Bonchev–Trinajstić information content (AvgIpc) is 3.97. The average molecular weight is 1130 g/mol. The van der Waals surface area contributed by atoms with Crippen LogP contribution in [-0.2, 0) is 83.4 Å². The lowest BCUT2D eigenvalue weighted by Crippen LogP contribution is -2.41. The molecule has 8 rings (SSSR count). The smallest absolute Gasteiger partial charge is 0.332 e. The largest absolute Gasteiger partial charge is 0.464 e. The van der Waals surface area contributed by atoms with Crippen molar-refractivity contribution in [1.29, 1.82) is 0 Å². The number of aromatic nitrogens is 6. The van der Waals surface area contributed by atoms with Crippen molar-refractivity contribution in [1.82, 2.24) is 29.1 Å². The number of rotatable bonds is 28. The molecule has 22 nitrogen and oxygen atoms in total. The zero-order chi connectivity index (χ0) is 57.9. The Morgan fingerprint density at radius 1 is 0.568 bits per heavy atom. The molecule has 4 N–H and O–H groups in total. The van der Waals surface area contributed by atoms with Gasteiger partial charge < -0.3 is 67.9 Å². The SMILES string of the molecule is CCOCc1nc2c(NC(=O)COCC(=O)OCC3CCCC(OC(C)(C)OC4CCCC(COC(=O)COCC(=O)Nc5nc6ccccc6c6c5nc(COCC)n6CC(C)(C)O)C4)C3)nc3ccccc3c2n1CC(C)(C)O. The molecule has 0 saturated heterocycles. The van der Waals surface area contributed by atoms with Gasteiger partial charge in [-0.2, -0.15) is 0 Å². The lowest BCUT2D eigenvalue weighted by atomic mass is 9.87. The second-order valence-corrected chi connectivity index (χ2v) is 22.9. The highest BCUT2D eigenvalue weighted by Crippen LogP contribution is 2.36. The fraction of sp³-hybridized carbons (Fsp3) is 0.593. The first kappa shape index (κ1) is 60.8. The number of pyridine rings is 2. The monoisotopic (exact) mass is 1120 g/mol. The third kappa shape index (κ3) is 16.9. The Morgan fingerprint density at radius 3 is 1.37 bits per heavy atom. The summed E-state index contributed by atoms with van der Waals surface area (Å²) in [5.41, 5.74) is 1.40. The number of nitrogens with zero attached hydrogens (tertiary/aromatic N) is 6. The zero-order valence-corrected chi connectivity index (χ0v) is 48.0. The molecule has 6 aromatic rings. The van der Waals surface area contributed by atoms with E-state index in [4.69, 9.17) is 57.8 Å². The Kier molecular flexibility index (Phi) is 20.5. The van der Waals surface area contributed by atoms with Crippen LogP contribution in [0.2, 0.25) is 0 Å². The van der Waals surface area contributed by atoms with Gasteiger partial charge in [-0.15, -0.1) is 0 Å². The molecule has 2 aliphatic rings. The summed E-state index contributed by atoms with van der Waals surface area (Å²) in [5, 5.41) is 28.8. The number of esters is 2. The van der Waals surface area contributed by atoms with Gasteiger partial charge in [0.25, 0.3) is 11.8 Å². The number of aliphatic hydroxyl groups is 2. The highest BCUT2D eigenvalue weighted by Gasteiger charge is 2.35. The minimum Gasteiger partial charge on any atom is -0.464 e. The van der Waals surface area contributed by atoms with Gasteiger partial charge in [0.15, 0.2) is 17.4 Å². The molecule has 2 amide bonds. The fourth-order valence-electron chi connectivity index (χ4n) is 10.8. The van der Waals surface area contributed by atoms with Crippen LogP contribution in [-0.4, -0.2) is 145 Å². The van der Waals surface area contributed by atoms with Crippen LogP contribution in [0.3, 0.4) is 0 Å². The number of anilines is 2. The first-order chi connectivity index (χ1) is 38.7. The van der Waals surface area contributed by atoms with Gasteiger partial charge in [0.1, 0.15) is 62.3 Å². The maximum absolute atomic E-state index is 13.2. The molecule has 2 aromatic carbocycles. The van der Waals surface area contributed by atoms with E-state index in [2.05, 4.69) is 10.6 Å². The van der Waals surface area contributed by atoms with Crippen molar-refractivity contribution in [2.24, 2.45) is 11.8 Å². The van der Waals surface area contributed by atoms with Gasteiger partial charge in [0.2, 0.25) is 0 Å². The van der Waals surface area contributed by atoms with Gasteiger partial charge in [0, 0.05) is 24.0 Å². The van der Waals surface area contributed by atoms with E-state index in [1.165, 1.54) is 0 Å². The van der Waals surface area contributed by atoms with Crippen LogP contribution in [0.15, 0.2) is 48.5 Å². The predicted octanol–water partition coefficient (Wildman–Crippen LogP) is 7.68. The zero-order valence-electron chi connectivity index (χ0n) is 48.0. The first-order valence-electron chi connectivity index (χ1n) is 28.2. The Bertz CT molecular complexity index is 2940. The third-order valence-electron chi connectivity index (χ3n) is 14.0. The van der Waals surface area contributed by atoms with E-state index in [1.807, 2.05) is 85.4 Å². The third-order valence-corrected chi connectivity index (χ3v) is 14.0. The second-order valence-electron chi connectivity index (χ2n) is 22.9. The molecule has 4 unspecified atom stereocenters.